The standard InChI is InChI=1S/C19H24N2O2/c1-14(18-17-5-3-2-4-15(17)6-9-20-18)21-13-16-12-19(23-16)7-10-22-11-8-19/h2-6,9,14,16,21H,7-8,10-13H2,1H3. The molecule has 2 unspecified atom stereocenters. The molecule has 122 valence electrons. The van der Waals surface area contributed by atoms with E-state index in [0.29, 0.717) is 6.10 Å². The molecule has 4 nitrogen and oxygen atoms in total. The lowest BCUT2D eigenvalue weighted by Crippen LogP contribution is -2.56. The van der Waals surface area contributed by atoms with E-state index in [1.807, 2.05) is 6.20 Å². The summed E-state index contributed by atoms with van der Waals surface area (Å²) in [5, 5.41) is 6.07. The van der Waals surface area contributed by atoms with Crippen LogP contribution in [0.1, 0.15) is 37.9 Å². The highest BCUT2D eigenvalue weighted by Crippen LogP contribution is 2.40. The largest absolute Gasteiger partial charge is 0.381 e. The van der Waals surface area contributed by atoms with Gasteiger partial charge in [0.15, 0.2) is 0 Å². The van der Waals surface area contributed by atoms with E-state index in [-0.39, 0.29) is 11.6 Å². The molecule has 1 aromatic carbocycles. The normalized spacial score (nSPS) is 24.5. The van der Waals surface area contributed by atoms with Gasteiger partial charge in [0.25, 0.3) is 0 Å². The molecule has 2 saturated heterocycles. The van der Waals surface area contributed by atoms with Crippen LogP contribution in [0.5, 0.6) is 0 Å². The lowest BCUT2D eigenvalue weighted by Gasteiger charge is -2.50. The summed E-state index contributed by atoms with van der Waals surface area (Å²) in [5.74, 6) is 0. The van der Waals surface area contributed by atoms with Gasteiger partial charge in [-0.15, -0.1) is 0 Å². The van der Waals surface area contributed by atoms with Crippen molar-refractivity contribution in [3.63, 3.8) is 0 Å². The molecule has 0 saturated carbocycles. The average molecular weight is 312 g/mol. The van der Waals surface area contributed by atoms with Crippen LogP contribution in [0.4, 0.5) is 0 Å². The van der Waals surface area contributed by atoms with E-state index >= 15 is 0 Å². The second-order valence-corrected chi connectivity index (χ2v) is 6.79. The monoisotopic (exact) mass is 312 g/mol. The Morgan fingerprint density at radius 3 is 2.87 bits per heavy atom. The third kappa shape index (κ3) is 2.99. The number of fused-ring (bicyclic) bond motifs is 1. The Morgan fingerprint density at radius 1 is 1.26 bits per heavy atom. The van der Waals surface area contributed by atoms with Crippen LogP contribution in [0.2, 0.25) is 0 Å². The van der Waals surface area contributed by atoms with Crippen molar-refractivity contribution in [1.29, 1.82) is 0 Å². The summed E-state index contributed by atoms with van der Waals surface area (Å²) in [6.45, 7) is 4.75. The summed E-state index contributed by atoms with van der Waals surface area (Å²) < 4.78 is 11.6. The van der Waals surface area contributed by atoms with Gasteiger partial charge in [0.1, 0.15) is 0 Å². The van der Waals surface area contributed by atoms with Crippen molar-refractivity contribution in [2.75, 3.05) is 19.8 Å². The molecular weight excluding hydrogens is 288 g/mol. The van der Waals surface area contributed by atoms with E-state index in [0.717, 1.165) is 44.7 Å². The highest BCUT2D eigenvalue weighted by Gasteiger charge is 2.46. The topological polar surface area (TPSA) is 43.4 Å². The van der Waals surface area contributed by atoms with Crippen LogP contribution < -0.4 is 5.32 Å². The second-order valence-electron chi connectivity index (χ2n) is 6.79. The van der Waals surface area contributed by atoms with Crippen LogP contribution in [-0.4, -0.2) is 36.4 Å². The second kappa shape index (κ2) is 6.19. The molecule has 1 N–H and O–H groups in total. The van der Waals surface area contributed by atoms with E-state index in [1.54, 1.807) is 0 Å². The molecule has 23 heavy (non-hydrogen) atoms. The first kappa shape index (κ1) is 15.1. The lowest BCUT2D eigenvalue weighted by molar-refractivity contribution is -0.234. The Balaban J connectivity index is 1.36. The van der Waals surface area contributed by atoms with Crippen LogP contribution >= 0.6 is 0 Å². The van der Waals surface area contributed by atoms with Gasteiger partial charge in [-0.2, -0.15) is 0 Å². The lowest BCUT2D eigenvalue weighted by atomic mass is 9.82. The fraction of sp³-hybridized carbons (Fsp3) is 0.526. The van der Waals surface area contributed by atoms with Crippen LogP contribution in [-0.2, 0) is 9.47 Å². The summed E-state index contributed by atoms with van der Waals surface area (Å²) in [6, 6.07) is 10.7. The van der Waals surface area contributed by atoms with Gasteiger partial charge in [-0.05, 0) is 31.2 Å². The van der Waals surface area contributed by atoms with E-state index < -0.39 is 0 Å². The molecule has 4 rings (SSSR count). The third-order valence-corrected chi connectivity index (χ3v) is 5.19. The summed E-state index contributed by atoms with van der Waals surface area (Å²) in [6.07, 6.45) is 5.46. The zero-order valence-electron chi connectivity index (χ0n) is 13.6. The summed E-state index contributed by atoms with van der Waals surface area (Å²) in [4.78, 5) is 4.59. The average Bonchev–Trinajstić information content (AvgIpc) is 2.58. The van der Waals surface area contributed by atoms with Crippen LogP contribution in [0, 0.1) is 0 Å². The number of nitrogens with one attached hydrogen (secondary N) is 1. The highest BCUT2D eigenvalue weighted by atomic mass is 16.5. The molecule has 0 amide bonds. The Bertz CT molecular complexity index is 669. The molecule has 0 bridgehead atoms. The van der Waals surface area contributed by atoms with Crippen LogP contribution in [0.15, 0.2) is 36.5 Å². The highest BCUT2D eigenvalue weighted by molar-refractivity contribution is 5.84. The maximum Gasteiger partial charge on any atom is 0.0756 e. The van der Waals surface area contributed by atoms with E-state index in [9.17, 15) is 0 Å². The van der Waals surface area contributed by atoms with Crippen LogP contribution in [0.25, 0.3) is 10.8 Å². The number of hydrogen-bond donors (Lipinski definition) is 1. The van der Waals surface area contributed by atoms with E-state index in [2.05, 4.69) is 47.6 Å². The number of aromatic nitrogens is 1. The molecule has 2 aromatic rings. The summed E-state index contributed by atoms with van der Waals surface area (Å²) >= 11 is 0. The molecule has 4 heteroatoms. The van der Waals surface area contributed by atoms with E-state index in [1.165, 1.54) is 10.8 Å². The van der Waals surface area contributed by atoms with Gasteiger partial charge in [0, 0.05) is 43.8 Å². The molecule has 2 atom stereocenters. The van der Waals surface area contributed by atoms with Gasteiger partial charge in [-0.1, -0.05) is 24.3 Å². The van der Waals surface area contributed by atoms with Gasteiger partial charge < -0.3 is 14.8 Å². The molecule has 2 fully saturated rings. The number of hydrogen-bond acceptors (Lipinski definition) is 4. The fourth-order valence-corrected chi connectivity index (χ4v) is 3.83. The maximum absolute atomic E-state index is 6.18. The third-order valence-electron chi connectivity index (χ3n) is 5.19. The predicted octanol–water partition coefficient (Wildman–Crippen LogP) is 3.22. The number of pyridine rings is 1. The van der Waals surface area contributed by atoms with Gasteiger partial charge >= 0.3 is 0 Å². The van der Waals surface area contributed by atoms with Crippen LogP contribution in [0.3, 0.4) is 0 Å². The van der Waals surface area contributed by atoms with Gasteiger partial charge in [-0.3, -0.25) is 4.98 Å². The van der Waals surface area contributed by atoms with Crippen molar-refractivity contribution < 1.29 is 9.47 Å². The smallest absolute Gasteiger partial charge is 0.0756 e. The van der Waals surface area contributed by atoms with Gasteiger partial charge in [0.05, 0.1) is 17.4 Å². The number of rotatable bonds is 4. The molecule has 1 spiro atoms. The van der Waals surface area contributed by atoms with Gasteiger partial charge in [-0.25, -0.2) is 0 Å². The summed E-state index contributed by atoms with van der Waals surface area (Å²) in [7, 11) is 0. The molecule has 3 heterocycles. The zero-order chi connectivity index (χ0) is 15.7. The summed E-state index contributed by atoms with van der Waals surface area (Å²) in [5.41, 5.74) is 1.23. The first-order valence-electron chi connectivity index (χ1n) is 8.58. The minimum absolute atomic E-state index is 0.117. The Hall–Kier alpha value is -1.49. The Labute approximate surface area is 137 Å². The molecule has 2 aliphatic rings. The molecule has 1 aromatic heterocycles. The SMILES string of the molecule is CC(NCC1CC2(CCOCC2)O1)c1nccc2ccccc12. The molecular formula is C19H24N2O2. The van der Waals surface area contributed by atoms with Crippen molar-refractivity contribution >= 4 is 10.8 Å². The molecule has 0 aliphatic carbocycles. The van der Waals surface area contributed by atoms with Crippen molar-refractivity contribution in [2.24, 2.45) is 0 Å². The first-order chi connectivity index (χ1) is 11.3. The Morgan fingerprint density at radius 2 is 2.04 bits per heavy atom. The predicted molar refractivity (Wildman–Crippen MR) is 90.4 cm³/mol. The molecule has 2 aliphatic heterocycles. The number of benzene rings is 1. The minimum atomic E-state index is 0.117. The van der Waals surface area contributed by atoms with E-state index in [4.69, 9.17) is 9.47 Å². The zero-order valence-corrected chi connectivity index (χ0v) is 13.6. The van der Waals surface area contributed by atoms with Crippen molar-refractivity contribution in [3.05, 3.63) is 42.2 Å². The Kier molecular flexibility index (Phi) is 4.05. The minimum Gasteiger partial charge on any atom is -0.381 e. The fourth-order valence-electron chi connectivity index (χ4n) is 3.83. The quantitative estimate of drug-likeness (QED) is 0.941. The maximum atomic E-state index is 6.18. The van der Waals surface area contributed by atoms with Crippen molar-refractivity contribution in [1.82, 2.24) is 10.3 Å². The van der Waals surface area contributed by atoms with Gasteiger partial charge in [0.2, 0.25) is 0 Å². The molecule has 0 radical (unpaired) electrons. The number of ether oxygens (including phenoxy) is 2. The van der Waals surface area contributed by atoms with Crippen molar-refractivity contribution in [3.8, 4) is 0 Å². The van der Waals surface area contributed by atoms with Crippen molar-refractivity contribution in [2.45, 2.75) is 43.9 Å². The first-order valence-corrected chi connectivity index (χ1v) is 8.58. The number of nitrogens with zero attached hydrogens (tertiary/aromatic N) is 1.